The lowest BCUT2D eigenvalue weighted by atomic mass is 9.91. The monoisotopic (exact) mass is 709 g/mol. The van der Waals surface area contributed by atoms with Gasteiger partial charge in [-0.3, -0.25) is 19.1 Å². The third-order valence-corrected chi connectivity index (χ3v) is 13.6. The van der Waals surface area contributed by atoms with Crippen LogP contribution in [-0.4, -0.2) is 78.6 Å². The molecule has 2 aliphatic heterocycles. The van der Waals surface area contributed by atoms with Gasteiger partial charge in [0, 0.05) is 36.3 Å². The molecule has 5 atom stereocenters. The maximum absolute atomic E-state index is 14.3. The van der Waals surface area contributed by atoms with E-state index in [9.17, 15) is 22.8 Å². The Kier molecular flexibility index (Phi) is 9.11. The number of pyridine rings is 1. The van der Waals surface area contributed by atoms with Crippen molar-refractivity contribution in [1.82, 2.24) is 14.6 Å². The minimum absolute atomic E-state index is 0.113. The lowest BCUT2D eigenvalue weighted by molar-refractivity contribution is -0.407. The lowest BCUT2D eigenvalue weighted by Crippen LogP contribution is -2.68. The molecule has 1 saturated heterocycles. The van der Waals surface area contributed by atoms with E-state index < -0.39 is 44.3 Å². The lowest BCUT2D eigenvalue weighted by Gasteiger charge is -2.26. The minimum atomic E-state index is -3.89. The first-order valence-electron chi connectivity index (χ1n) is 18.1. The van der Waals surface area contributed by atoms with Crippen LogP contribution in [0.1, 0.15) is 89.5 Å². The molecule has 3 saturated carbocycles. The van der Waals surface area contributed by atoms with E-state index in [0.29, 0.717) is 48.6 Å². The Morgan fingerprint density at radius 2 is 1.84 bits per heavy atom. The van der Waals surface area contributed by atoms with Gasteiger partial charge in [0.15, 0.2) is 11.8 Å². The minimum Gasteiger partial charge on any atom is -0.496 e. The van der Waals surface area contributed by atoms with Gasteiger partial charge in [-0.2, -0.15) is 0 Å². The molecule has 3 aliphatic carbocycles. The summed E-state index contributed by atoms with van der Waals surface area (Å²) in [6.45, 7) is 3.74. The summed E-state index contributed by atoms with van der Waals surface area (Å²) < 4.78 is 45.9. The van der Waals surface area contributed by atoms with Crippen LogP contribution in [0.3, 0.4) is 0 Å². The van der Waals surface area contributed by atoms with E-state index in [1.807, 2.05) is 31.2 Å². The standard InChI is InChI=1S/C37H48N4O8S/c1-22-30(47-3)14-13-26-31(18-32(39-33(22)26)49-24-11-12-24)48-25-17-28-29(42)20-37(35(44)40-50(45,46)36(2)15-16-36)19-23(37)9-7-5-4-6-8-10-27(38)34(43)41(28)21-25/h7,9,13-14,18,23-25,27-28H,4-6,8,10-12,15-17,19-21,38H2,1-3H3,(H,40,44)/p+1/b9-7-/t23-,25+,27-,28-,37+/m0/s1. The summed E-state index contributed by atoms with van der Waals surface area (Å²) in [6.07, 6.45) is 11.0. The molecule has 2 amide bonds. The van der Waals surface area contributed by atoms with Gasteiger partial charge in [-0.05, 0) is 83.3 Å². The topological polar surface area (TPSA) is 169 Å². The number of allylic oxidation sites excluding steroid dienone is 2. The molecule has 0 unspecified atom stereocenters. The number of nitrogens with one attached hydrogen (secondary N) is 1. The fraction of sp³-hybridized carbons (Fsp3) is 0.622. The van der Waals surface area contributed by atoms with Crippen LogP contribution in [0, 0.1) is 18.3 Å². The predicted octanol–water partition coefficient (Wildman–Crippen LogP) is 3.54. The molecule has 4 N–H and O–H groups in total. The molecule has 50 heavy (non-hydrogen) atoms. The molecule has 3 heterocycles. The quantitative estimate of drug-likeness (QED) is 0.390. The van der Waals surface area contributed by atoms with Crippen molar-refractivity contribution in [2.45, 2.75) is 120 Å². The molecule has 0 spiro atoms. The van der Waals surface area contributed by atoms with Crippen LogP contribution in [0.5, 0.6) is 17.4 Å². The number of benzene rings is 1. The number of aryl methyl sites for hydroxylation is 1. The first-order valence-corrected chi connectivity index (χ1v) is 19.5. The fourth-order valence-corrected chi connectivity index (χ4v) is 8.84. The zero-order valence-corrected chi connectivity index (χ0v) is 30.1. The molecule has 0 radical (unpaired) electrons. The summed E-state index contributed by atoms with van der Waals surface area (Å²) in [5.41, 5.74) is 4.53. The largest absolute Gasteiger partial charge is 0.496 e. The molecule has 12 nitrogen and oxygen atoms in total. The molecular weight excluding hydrogens is 660 g/mol. The average Bonchev–Trinajstić information content (AvgIpc) is 4.03. The van der Waals surface area contributed by atoms with E-state index in [1.54, 1.807) is 25.0 Å². The predicted molar refractivity (Wildman–Crippen MR) is 185 cm³/mol. The Hall–Kier alpha value is -3.71. The number of quaternary nitrogens is 1. The second-order valence-corrected chi connectivity index (χ2v) is 17.5. The molecular formula is C37H49N4O8S+. The molecule has 5 aliphatic rings. The summed E-state index contributed by atoms with van der Waals surface area (Å²) >= 11 is 0. The third kappa shape index (κ3) is 6.70. The van der Waals surface area contributed by atoms with E-state index in [2.05, 4.69) is 10.5 Å². The Balaban J connectivity index is 1.18. The van der Waals surface area contributed by atoms with Crippen molar-refractivity contribution in [2.75, 3.05) is 13.7 Å². The number of rotatable bonds is 8. The highest BCUT2D eigenvalue weighted by atomic mass is 32.2. The smallest absolute Gasteiger partial charge is 0.281 e. The first kappa shape index (κ1) is 34.7. The van der Waals surface area contributed by atoms with Crippen LogP contribution in [0.2, 0.25) is 0 Å². The number of hydrogen-bond donors (Lipinski definition) is 2. The number of sulfonamides is 1. The summed E-state index contributed by atoms with van der Waals surface area (Å²) in [4.78, 5) is 48.5. The molecule has 13 heteroatoms. The Morgan fingerprint density at radius 3 is 2.56 bits per heavy atom. The van der Waals surface area contributed by atoms with Gasteiger partial charge in [0.1, 0.15) is 23.7 Å². The van der Waals surface area contributed by atoms with Gasteiger partial charge in [-0.1, -0.05) is 18.6 Å². The number of methoxy groups -OCH3 is 1. The van der Waals surface area contributed by atoms with Crippen LogP contribution >= 0.6 is 0 Å². The second-order valence-electron chi connectivity index (χ2n) is 15.3. The third-order valence-electron chi connectivity index (χ3n) is 11.4. The van der Waals surface area contributed by atoms with Gasteiger partial charge in [0.25, 0.3) is 5.91 Å². The van der Waals surface area contributed by atoms with Crippen LogP contribution < -0.4 is 24.7 Å². The molecule has 270 valence electrons. The summed E-state index contributed by atoms with van der Waals surface area (Å²) in [7, 11) is -2.28. The number of carbonyl (C=O) groups excluding carboxylic acids is 3. The second kappa shape index (κ2) is 13.1. The molecule has 1 aromatic heterocycles. The molecule has 1 aromatic carbocycles. The first-order chi connectivity index (χ1) is 23.8. The zero-order chi connectivity index (χ0) is 35.4. The maximum Gasteiger partial charge on any atom is 0.281 e. The van der Waals surface area contributed by atoms with Gasteiger partial charge < -0.3 is 24.8 Å². The molecule has 7 rings (SSSR count). The maximum atomic E-state index is 14.3. The summed E-state index contributed by atoms with van der Waals surface area (Å²) in [5.74, 6) is 0.298. The van der Waals surface area contributed by atoms with E-state index in [4.69, 9.17) is 19.2 Å². The van der Waals surface area contributed by atoms with E-state index in [-0.39, 0.29) is 43.1 Å². The number of aromatic nitrogens is 1. The van der Waals surface area contributed by atoms with Crippen LogP contribution in [0.15, 0.2) is 30.4 Å². The van der Waals surface area contributed by atoms with Crippen molar-refractivity contribution in [3.05, 3.63) is 35.9 Å². The Labute approximate surface area is 293 Å². The van der Waals surface area contributed by atoms with Gasteiger partial charge in [-0.25, -0.2) is 13.4 Å². The molecule has 4 fully saturated rings. The van der Waals surface area contributed by atoms with Crippen molar-refractivity contribution in [2.24, 2.45) is 11.3 Å². The summed E-state index contributed by atoms with van der Waals surface area (Å²) in [6, 6.07) is 4.15. The van der Waals surface area contributed by atoms with E-state index in [0.717, 1.165) is 49.5 Å². The van der Waals surface area contributed by atoms with Gasteiger partial charge in [-0.15, -0.1) is 0 Å². The molecule has 0 bridgehead atoms. The van der Waals surface area contributed by atoms with E-state index >= 15 is 0 Å². The van der Waals surface area contributed by atoms with E-state index in [1.165, 1.54) is 0 Å². The highest BCUT2D eigenvalue weighted by Crippen LogP contribution is 2.57. The highest BCUT2D eigenvalue weighted by Gasteiger charge is 2.62. The normalized spacial score (nSPS) is 30.4. The van der Waals surface area contributed by atoms with Crippen molar-refractivity contribution < 1.29 is 42.7 Å². The number of amides is 2. The Bertz CT molecular complexity index is 1840. The number of carbonyl (C=O) groups is 3. The van der Waals surface area contributed by atoms with Crippen molar-refractivity contribution in [1.29, 1.82) is 0 Å². The van der Waals surface area contributed by atoms with Crippen molar-refractivity contribution in [3.8, 4) is 17.4 Å². The molecule has 2 aromatic rings. The van der Waals surface area contributed by atoms with Gasteiger partial charge >= 0.3 is 0 Å². The van der Waals surface area contributed by atoms with Crippen LogP contribution in [0.4, 0.5) is 0 Å². The Morgan fingerprint density at radius 1 is 1.06 bits per heavy atom. The number of hydrogen-bond acceptors (Lipinski definition) is 9. The van der Waals surface area contributed by atoms with Crippen LogP contribution in [-0.2, 0) is 24.4 Å². The number of Topliss-reactive ketones (excluding diaryl/α,β-unsaturated/α-hetero) is 1. The zero-order valence-electron chi connectivity index (χ0n) is 29.2. The number of nitrogens with zero attached hydrogens (tertiary/aromatic N) is 2. The van der Waals surface area contributed by atoms with Crippen molar-refractivity contribution in [3.63, 3.8) is 0 Å². The number of fused-ring (bicyclic) bond motifs is 3. The fourth-order valence-electron chi connectivity index (χ4n) is 7.50. The van der Waals surface area contributed by atoms with Gasteiger partial charge in [0.2, 0.25) is 21.8 Å². The average molecular weight is 710 g/mol. The number of ketones is 1. The van der Waals surface area contributed by atoms with Gasteiger partial charge in [0.05, 0.1) is 35.4 Å². The summed E-state index contributed by atoms with van der Waals surface area (Å²) in [5, 5.41) is 0.761. The SMILES string of the molecule is COc1ccc2c(O[C@@H]3C[C@H]4C(=O)C[C@]5(C(=O)NS(=O)(=O)C6(C)CC6)C[C@@H]5/C=C\CCCCC[C@H]([NH3+])C(=O)N4C3)cc(OC3CC3)nc2c1C. The highest BCUT2D eigenvalue weighted by molar-refractivity contribution is 7.91. The van der Waals surface area contributed by atoms with Crippen molar-refractivity contribution >= 4 is 38.5 Å². The van der Waals surface area contributed by atoms with Crippen LogP contribution in [0.25, 0.3) is 10.9 Å². The number of ether oxygens (including phenoxy) is 3.